The Kier molecular flexibility index (Phi) is 3.58. The van der Waals surface area contributed by atoms with Gasteiger partial charge in [-0.15, -0.1) is 0 Å². The molecule has 0 heterocycles. The van der Waals surface area contributed by atoms with Gasteiger partial charge < -0.3 is 14.2 Å². The van der Waals surface area contributed by atoms with Crippen LogP contribution in [-0.2, 0) is 4.74 Å². The molecule has 71 valence electrons. The molecule has 13 heavy (non-hydrogen) atoms. The molecule has 1 atom stereocenters. The topological polar surface area (TPSA) is 27.7 Å². The van der Waals surface area contributed by atoms with E-state index in [1.165, 1.54) is 0 Å². The fraction of sp³-hybridized carbons (Fsp3) is 0.400. The lowest BCUT2D eigenvalue weighted by Gasteiger charge is -2.12. The second-order valence-electron chi connectivity index (χ2n) is 2.51. The second kappa shape index (κ2) is 4.72. The van der Waals surface area contributed by atoms with E-state index >= 15 is 0 Å². The molecule has 0 fully saturated rings. The molecule has 0 aliphatic rings. The van der Waals surface area contributed by atoms with E-state index in [2.05, 4.69) is 6.07 Å². The molecule has 1 aromatic rings. The van der Waals surface area contributed by atoms with Crippen LogP contribution < -0.4 is 9.47 Å². The lowest BCUT2D eigenvalue weighted by molar-refractivity contribution is -0.0383. The molecule has 0 N–H and O–H groups in total. The van der Waals surface area contributed by atoms with Crippen molar-refractivity contribution in [3.63, 3.8) is 0 Å². The highest BCUT2D eigenvalue weighted by molar-refractivity contribution is 5.31. The van der Waals surface area contributed by atoms with Crippen LogP contribution in [-0.4, -0.2) is 20.5 Å². The summed E-state index contributed by atoms with van der Waals surface area (Å²) < 4.78 is 15.3. The van der Waals surface area contributed by atoms with Crippen molar-refractivity contribution < 1.29 is 14.2 Å². The molecule has 0 amide bonds. The zero-order valence-corrected chi connectivity index (χ0v) is 8.03. The minimum Gasteiger partial charge on any atom is -0.496 e. The molecule has 0 aliphatic heterocycles. The van der Waals surface area contributed by atoms with Gasteiger partial charge in [-0.2, -0.15) is 0 Å². The van der Waals surface area contributed by atoms with Gasteiger partial charge in [-0.05, 0) is 19.1 Å². The Morgan fingerprint density at radius 2 is 2.15 bits per heavy atom. The maximum Gasteiger partial charge on any atom is 0.196 e. The predicted octanol–water partition coefficient (Wildman–Crippen LogP) is 1.87. The average molecular weight is 181 g/mol. The number of benzene rings is 1. The molecule has 3 nitrogen and oxygen atoms in total. The van der Waals surface area contributed by atoms with E-state index in [4.69, 9.17) is 14.2 Å². The van der Waals surface area contributed by atoms with Crippen molar-refractivity contribution >= 4 is 0 Å². The lowest BCUT2D eigenvalue weighted by Crippen LogP contribution is -2.13. The van der Waals surface area contributed by atoms with Crippen LogP contribution in [0.3, 0.4) is 0 Å². The highest BCUT2D eigenvalue weighted by Gasteiger charge is 2.01. The summed E-state index contributed by atoms with van der Waals surface area (Å²) in [6.45, 7) is 1.82. The Bertz CT molecular complexity index is 260. The summed E-state index contributed by atoms with van der Waals surface area (Å²) in [5, 5.41) is 0. The van der Waals surface area contributed by atoms with Crippen molar-refractivity contribution in [1.82, 2.24) is 0 Å². The van der Waals surface area contributed by atoms with Crippen molar-refractivity contribution in [2.45, 2.75) is 13.2 Å². The maximum atomic E-state index is 5.38. The minimum absolute atomic E-state index is 0.257. The van der Waals surface area contributed by atoms with E-state index in [1.807, 2.05) is 6.92 Å². The van der Waals surface area contributed by atoms with Crippen molar-refractivity contribution in [3.8, 4) is 11.5 Å². The van der Waals surface area contributed by atoms with Crippen LogP contribution in [0.1, 0.15) is 6.92 Å². The summed E-state index contributed by atoms with van der Waals surface area (Å²) in [6, 6.07) is 8.22. The van der Waals surface area contributed by atoms with Gasteiger partial charge >= 0.3 is 0 Å². The third-order valence-electron chi connectivity index (χ3n) is 1.60. The summed E-state index contributed by atoms with van der Waals surface area (Å²) in [5.41, 5.74) is 0. The first-order chi connectivity index (χ1) is 6.26. The number of ether oxygens (including phenoxy) is 3. The maximum absolute atomic E-state index is 5.38. The zero-order chi connectivity index (χ0) is 9.68. The highest BCUT2D eigenvalue weighted by atomic mass is 16.7. The Morgan fingerprint density at radius 1 is 1.38 bits per heavy atom. The highest BCUT2D eigenvalue weighted by Crippen LogP contribution is 2.19. The molecule has 0 aliphatic carbocycles. The SMILES string of the molecule is COc1[c]ccc(OC(C)OC)c1. The zero-order valence-electron chi connectivity index (χ0n) is 8.03. The summed E-state index contributed by atoms with van der Waals surface area (Å²) in [6.07, 6.45) is -0.257. The Hall–Kier alpha value is -1.22. The fourth-order valence-electron chi connectivity index (χ4n) is 0.856. The number of hydrogen-bond acceptors (Lipinski definition) is 3. The summed E-state index contributed by atoms with van der Waals surface area (Å²) in [4.78, 5) is 0. The van der Waals surface area contributed by atoms with Gasteiger partial charge in [0, 0.05) is 19.2 Å². The lowest BCUT2D eigenvalue weighted by atomic mass is 10.3. The van der Waals surface area contributed by atoms with Gasteiger partial charge in [0.1, 0.15) is 11.5 Å². The smallest absolute Gasteiger partial charge is 0.196 e. The van der Waals surface area contributed by atoms with E-state index in [0.717, 1.165) is 0 Å². The predicted molar refractivity (Wildman–Crippen MR) is 48.9 cm³/mol. The molecule has 0 spiro atoms. The molecule has 0 saturated heterocycles. The second-order valence-corrected chi connectivity index (χ2v) is 2.51. The van der Waals surface area contributed by atoms with Gasteiger partial charge in [-0.1, -0.05) is 0 Å². The quantitative estimate of drug-likeness (QED) is 0.663. The molecule has 1 aromatic carbocycles. The Balaban J connectivity index is 2.66. The Labute approximate surface area is 78.2 Å². The molecule has 0 aromatic heterocycles. The fourth-order valence-corrected chi connectivity index (χ4v) is 0.856. The van der Waals surface area contributed by atoms with Crippen LogP contribution in [0.5, 0.6) is 11.5 Å². The van der Waals surface area contributed by atoms with Crippen LogP contribution >= 0.6 is 0 Å². The van der Waals surface area contributed by atoms with E-state index in [9.17, 15) is 0 Å². The van der Waals surface area contributed by atoms with Crippen molar-refractivity contribution in [3.05, 3.63) is 24.3 Å². The van der Waals surface area contributed by atoms with E-state index in [0.29, 0.717) is 11.5 Å². The van der Waals surface area contributed by atoms with E-state index in [1.54, 1.807) is 32.4 Å². The monoisotopic (exact) mass is 181 g/mol. The first-order valence-corrected chi connectivity index (χ1v) is 4.01. The largest absolute Gasteiger partial charge is 0.496 e. The average Bonchev–Trinajstić information content (AvgIpc) is 2.18. The molecule has 0 saturated carbocycles. The summed E-state index contributed by atoms with van der Waals surface area (Å²) in [5.74, 6) is 1.37. The molecule has 0 bridgehead atoms. The van der Waals surface area contributed by atoms with Crippen molar-refractivity contribution in [2.24, 2.45) is 0 Å². The summed E-state index contributed by atoms with van der Waals surface area (Å²) in [7, 11) is 3.19. The third-order valence-corrected chi connectivity index (χ3v) is 1.60. The van der Waals surface area contributed by atoms with Crippen LogP contribution in [0.2, 0.25) is 0 Å². The molecular weight excluding hydrogens is 168 g/mol. The van der Waals surface area contributed by atoms with Gasteiger partial charge in [0.2, 0.25) is 0 Å². The van der Waals surface area contributed by atoms with Crippen molar-refractivity contribution in [1.29, 1.82) is 0 Å². The number of methoxy groups -OCH3 is 2. The van der Waals surface area contributed by atoms with Crippen LogP contribution in [0.25, 0.3) is 0 Å². The van der Waals surface area contributed by atoms with Gasteiger partial charge in [-0.3, -0.25) is 0 Å². The normalized spacial score (nSPS) is 12.2. The van der Waals surface area contributed by atoms with Gasteiger partial charge in [0.05, 0.1) is 7.11 Å². The number of rotatable bonds is 4. The summed E-state index contributed by atoms with van der Waals surface area (Å²) >= 11 is 0. The van der Waals surface area contributed by atoms with Crippen LogP contribution in [0.15, 0.2) is 18.2 Å². The van der Waals surface area contributed by atoms with E-state index < -0.39 is 0 Å². The van der Waals surface area contributed by atoms with Gasteiger partial charge in [0.25, 0.3) is 0 Å². The third kappa shape index (κ3) is 2.95. The first-order valence-electron chi connectivity index (χ1n) is 4.01. The Morgan fingerprint density at radius 3 is 2.77 bits per heavy atom. The first kappa shape index (κ1) is 9.86. The molecule has 1 unspecified atom stereocenters. The molecular formula is C10H13O3. The van der Waals surface area contributed by atoms with Gasteiger partial charge in [-0.25, -0.2) is 0 Å². The van der Waals surface area contributed by atoms with E-state index in [-0.39, 0.29) is 6.29 Å². The van der Waals surface area contributed by atoms with Crippen LogP contribution in [0, 0.1) is 6.07 Å². The van der Waals surface area contributed by atoms with Crippen LogP contribution in [0.4, 0.5) is 0 Å². The standard InChI is InChI=1S/C10H13O3/c1-8(11-2)13-10-6-4-5-9(7-10)12-3/h4,6-8H,1-3H3. The molecule has 1 radical (unpaired) electrons. The van der Waals surface area contributed by atoms with Gasteiger partial charge in [0.15, 0.2) is 6.29 Å². The molecule has 3 heteroatoms. The number of hydrogen-bond donors (Lipinski definition) is 0. The minimum atomic E-state index is -0.257. The molecule has 1 rings (SSSR count). The van der Waals surface area contributed by atoms with Crippen molar-refractivity contribution in [2.75, 3.05) is 14.2 Å².